The number of morpholine rings is 1. The number of nitrogens with zero attached hydrogens (tertiary/aromatic N) is 3. The minimum Gasteiger partial charge on any atom is -0.371 e. The second-order valence-electron chi connectivity index (χ2n) is 8.26. The van der Waals surface area contributed by atoms with Gasteiger partial charge in [0.05, 0.1) is 20.4 Å². The third kappa shape index (κ3) is 5.29. The van der Waals surface area contributed by atoms with Gasteiger partial charge in [0.2, 0.25) is 11.7 Å². The van der Waals surface area contributed by atoms with E-state index >= 15 is 0 Å². The molecule has 0 atom stereocenters. The number of ether oxygens (including phenoxy) is 1. The molecular formula is C22H24BrN5O5S. The number of benzene rings is 1. The smallest absolute Gasteiger partial charge is 0.262 e. The quantitative estimate of drug-likeness (QED) is 0.415. The van der Waals surface area contributed by atoms with Crippen molar-refractivity contribution in [2.24, 2.45) is 5.10 Å². The van der Waals surface area contributed by atoms with Crippen molar-refractivity contribution in [3.05, 3.63) is 54.7 Å². The average Bonchev–Trinajstić information content (AvgIpc) is 3.44. The van der Waals surface area contributed by atoms with Gasteiger partial charge >= 0.3 is 0 Å². The zero-order chi connectivity index (χ0) is 24.3. The summed E-state index contributed by atoms with van der Waals surface area (Å²) in [5.41, 5.74) is 1.21. The lowest BCUT2D eigenvalue weighted by Crippen LogP contribution is -2.54. The van der Waals surface area contributed by atoms with Gasteiger partial charge in [-0.15, -0.1) is 11.3 Å². The highest BCUT2D eigenvalue weighted by molar-refractivity contribution is 9.11. The molecule has 10 nitrogen and oxygen atoms in total. The molecule has 2 fully saturated rings. The summed E-state index contributed by atoms with van der Waals surface area (Å²) in [4.78, 5) is 39.3. The molecule has 0 bridgehead atoms. The summed E-state index contributed by atoms with van der Waals surface area (Å²) in [7, 11) is 0. The van der Waals surface area contributed by atoms with E-state index in [0.29, 0.717) is 36.6 Å². The molecule has 0 unspecified atom stereocenters. The van der Waals surface area contributed by atoms with Crippen LogP contribution in [0.3, 0.4) is 0 Å². The van der Waals surface area contributed by atoms with E-state index in [0.717, 1.165) is 27.9 Å². The van der Waals surface area contributed by atoms with Crippen molar-refractivity contribution in [3.63, 3.8) is 0 Å². The fourth-order valence-electron chi connectivity index (χ4n) is 4.35. The molecule has 1 aromatic heterocycles. The van der Waals surface area contributed by atoms with E-state index < -0.39 is 10.6 Å². The molecule has 34 heavy (non-hydrogen) atoms. The van der Waals surface area contributed by atoms with Crippen LogP contribution in [-0.4, -0.2) is 48.0 Å². The molecule has 2 N–H and O–H groups in total. The van der Waals surface area contributed by atoms with Crippen LogP contribution in [0.15, 0.2) is 39.2 Å². The van der Waals surface area contributed by atoms with Gasteiger partial charge in [-0.3, -0.25) is 9.59 Å². The van der Waals surface area contributed by atoms with Crippen molar-refractivity contribution < 1.29 is 19.4 Å². The molecule has 2 aromatic rings. The maximum absolute atomic E-state index is 13.3. The van der Waals surface area contributed by atoms with Crippen molar-refractivity contribution in [1.82, 2.24) is 5.32 Å². The number of halogens is 1. The van der Waals surface area contributed by atoms with E-state index in [1.807, 2.05) is 19.1 Å². The fourth-order valence-corrected chi connectivity index (χ4v) is 5.63. The van der Waals surface area contributed by atoms with Gasteiger partial charge in [-0.05, 0) is 71.6 Å². The van der Waals surface area contributed by atoms with Crippen molar-refractivity contribution in [2.75, 3.05) is 30.0 Å². The molecule has 0 spiro atoms. The Bertz CT molecular complexity index is 1140. The Balaban J connectivity index is 1.51. The lowest BCUT2D eigenvalue weighted by Gasteiger charge is -2.30. The Labute approximate surface area is 208 Å². The van der Waals surface area contributed by atoms with E-state index in [1.165, 1.54) is 11.3 Å². The number of hydrogen-bond acceptors (Lipinski definition) is 6. The SMILES string of the molecule is Cc1cc(NC(=O)C2(NC(=O)c3ccc(Br)s3)CCCC2)ccc1N1CCOC/C1=N/[N+](=O)[O-]. The first kappa shape index (κ1) is 24.3. The first-order valence-corrected chi connectivity index (χ1v) is 12.5. The van der Waals surface area contributed by atoms with Crippen molar-refractivity contribution in [2.45, 2.75) is 38.1 Å². The van der Waals surface area contributed by atoms with Gasteiger partial charge in [0.25, 0.3) is 5.91 Å². The number of nitrogens with one attached hydrogen (secondary N) is 2. The first-order chi connectivity index (χ1) is 16.3. The summed E-state index contributed by atoms with van der Waals surface area (Å²) in [6.45, 7) is 2.79. The summed E-state index contributed by atoms with van der Waals surface area (Å²) in [5.74, 6) is -0.281. The Kier molecular flexibility index (Phi) is 7.29. The molecule has 1 saturated heterocycles. The number of carbonyl (C=O) groups excluding carboxylic acids is 2. The van der Waals surface area contributed by atoms with Gasteiger partial charge in [0.15, 0.2) is 5.03 Å². The van der Waals surface area contributed by atoms with Gasteiger partial charge in [0, 0.05) is 17.9 Å². The highest BCUT2D eigenvalue weighted by Crippen LogP contribution is 2.33. The summed E-state index contributed by atoms with van der Waals surface area (Å²) in [5, 5.41) is 19.5. The van der Waals surface area contributed by atoms with Gasteiger partial charge < -0.3 is 20.3 Å². The maximum atomic E-state index is 13.3. The van der Waals surface area contributed by atoms with Gasteiger partial charge in [-0.2, -0.15) is 0 Å². The second kappa shape index (κ2) is 10.2. The van der Waals surface area contributed by atoms with Crippen LogP contribution in [0.1, 0.15) is 40.9 Å². The number of hydrogen-bond donors (Lipinski definition) is 2. The van der Waals surface area contributed by atoms with Crippen LogP contribution in [0.2, 0.25) is 0 Å². The van der Waals surface area contributed by atoms with E-state index in [-0.39, 0.29) is 24.3 Å². The van der Waals surface area contributed by atoms with Crippen LogP contribution >= 0.6 is 27.3 Å². The van der Waals surface area contributed by atoms with Crippen LogP contribution < -0.4 is 15.5 Å². The molecule has 0 radical (unpaired) electrons. The Morgan fingerprint density at radius 3 is 2.68 bits per heavy atom. The van der Waals surface area contributed by atoms with Crippen molar-refractivity contribution >= 4 is 56.3 Å². The molecule has 180 valence electrons. The Morgan fingerprint density at radius 1 is 1.26 bits per heavy atom. The minimum absolute atomic E-state index is 0.0575. The van der Waals surface area contributed by atoms with E-state index in [2.05, 4.69) is 31.7 Å². The van der Waals surface area contributed by atoms with Crippen molar-refractivity contribution in [3.8, 4) is 0 Å². The van der Waals surface area contributed by atoms with E-state index in [9.17, 15) is 19.7 Å². The van der Waals surface area contributed by atoms with Crippen LogP contribution in [0.5, 0.6) is 0 Å². The molecule has 1 saturated carbocycles. The molecule has 1 aliphatic carbocycles. The van der Waals surface area contributed by atoms with Gasteiger partial charge in [-0.25, -0.2) is 10.1 Å². The topological polar surface area (TPSA) is 126 Å². The number of hydrazone groups is 1. The number of thiophene rings is 1. The third-order valence-electron chi connectivity index (χ3n) is 5.99. The standard InChI is InChI=1S/C22H24BrN5O5S/c1-14-12-15(4-5-16(14)27-10-11-33-13-19(27)26-28(31)32)24-21(30)22(8-2-3-9-22)25-20(29)17-6-7-18(23)34-17/h4-7,12H,2-3,8-11,13H2,1H3,(H,24,30)(H,25,29)/b26-19-. The monoisotopic (exact) mass is 549 g/mol. The number of rotatable bonds is 6. The number of aryl methyl sites for hydroxylation is 1. The Hall–Kier alpha value is -2.83. The zero-order valence-corrected chi connectivity index (χ0v) is 20.9. The largest absolute Gasteiger partial charge is 0.371 e. The fraction of sp³-hybridized carbons (Fsp3) is 0.409. The lowest BCUT2D eigenvalue weighted by molar-refractivity contribution is -0.485. The van der Waals surface area contributed by atoms with Crippen LogP contribution in [-0.2, 0) is 9.53 Å². The number of amidine groups is 1. The molecule has 2 aliphatic rings. The number of carbonyl (C=O) groups is 2. The summed E-state index contributed by atoms with van der Waals surface area (Å²) >= 11 is 4.69. The van der Waals surface area contributed by atoms with E-state index in [4.69, 9.17) is 4.74 Å². The lowest BCUT2D eigenvalue weighted by atomic mass is 9.95. The predicted molar refractivity (Wildman–Crippen MR) is 133 cm³/mol. The van der Waals surface area contributed by atoms with Crippen LogP contribution in [0, 0.1) is 17.0 Å². The third-order valence-corrected chi connectivity index (χ3v) is 7.61. The summed E-state index contributed by atoms with van der Waals surface area (Å²) in [6, 6.07) is 8.90. The summed E-state index contributed by atoms with van der Waals surface area (Å²) < 4.78 is 6.17. The molecule has 2 amide bonds. The highest BCUT2D eigenvalue weighted by Gasteiger charge is 2.43. The molecule has 12 heteroatoms. The molecular weight excluding hydrogens is 526 g/mol. The Morgan fingerprint density at radius 2 is 2.03 bits per heavy atom. The number of amides is 2. The zero-order valence-electron chi connectivity index (χ0n) is 18.5. The minimum atomic E-state index is -0.962. The van der Waals surface area contributed by atoms with E-state index in [1.54, 1.807) is 23.1 Å². The predicted octanol–water partition coefficient (Wildman–Crippen LogP) is 3.93. The van der Waals surface area contributed by atoms with Crippen LogP contribution in [0.4, 0.5) is 11.4 Å². The normalized spacial score (nSPS) is 18.6. The van der Waals surface area contributed by atoms with Gasteiger partial charge in [-0.1, -0.05) is 12.8 Å². The van der Waals surface area contributed by atoms with Crippen LogP contribution in [0.25, 0.3) is 0 Å². The number of nitro groups is 1. The van der Waals surface area contributed by atoms with Crippen molar-refractivity contribution in [1.29, 1.82) is 0 Å². The highest BCUT2D eigenvalue weighted by atomic mass is 79.9. The van der Waals surface area contributed by atoms with Gasteiger partial charge in [0.1, 0.15) is 12.1 Å². The molecule has 4 rings (SSSR count). The second-order valence-corrected chi connectivity index (χ2v) is 10.7. The average molecular weight is 550 g/mol. The molecule has 1 aromatic carbocycles. The summed E-state index contributed by atoms with van der Waals surface area (Å²) in [6.07, 6.45) is 2.86. The first-order valence-electron chi connectivity index (χ1n) is 10.8. The maximum Gasteiger partial charge on any atom is 0.262 e. The molecule has 1 aliphatic heterocycles. The number of anilines is 2. The molecule has 2 heterocycles.